The van der Waals surface area contributed by atoms with E-state index in [1.165, 1.54) is 6.92 Å². The lowest BCUT2D eigenvalue weighted by Crippen LogP contribution is -2.29. The van der Waals surface area contributed by atoms with Gasteiger partial charge in [-0.1, -0.05) is 0 Å². The van der Waals surface area contributed by atoms with Gasteiger partial charge in [0.05, 0.1) is 5.69 Å². The molecule has 0 bridgehead atoms. The monoisotopic (exact) mass is 265 g/mol. The maximum absolute atomic E-state index is 11.5. The predicted octanol–water partition coefficient (Wildman–Crippen LogP) is 0.333. The fourth-order valence-electron chi connectivity index (χ4n) is 1.63. The van der Waals surface area contributed by atoms with Gasteiger partial charge < -0.3 is 15.2 Å². The van der Waals surface area contributed by atoms with E-state index in [-0.39, 0.29) is 11.8 Å². The number of carbonyl (C=O) groups excluding carboxylic acids is 3. The molecule has 0 unspecified atom stereocenters. The normalized spacial score (nSPS) is 9.95. The van der Waals surface area contributed by atoms with Gasteiger partial charge in [0.2, 0.25) is 11.8 Å². The lowest BCUT2D eigenvalue weighted by molar-refractivity contribution is -0.121. The molecule has 0 aliphatic rings. The van der Waals surface area contributed by atoms with Crippen molar-refractivity contribution in [3.05, 3.63) is 24.0 Å². The Morgan fingerprint density at radius 1 is 1.32 bits per heavy atom. The van der Waals surface area contributed by atoms with Crippen LogP contribution < -0.4 is 10.6 Å². The quantitative estimate of drug-likeness (QED) is 0.525. The summed E-state index contributed by atoms with van der Waals surface area (Å²) in [6, 6.07) is 3.48. The fourth-order valence-corrected chi connectivity index (χ4v) is 1.63. The van der Waals surface area contributed by atoms with Crippen LogP contribution in [0.3, 0.4) is 0 Å². The van der Waals surface area contributed by atoms with Gasteiger partial charge in [-0.15, -0.1) is 0 Å². The minimum Gasteiger partial charge on any atom is -0.356 e. The van der Waals surface area contributed by atoms with Crippen LogP contribution in [0, 0.1) is 0 Å². The molecule has 0 fully saturated rings. The first-order chi connectivity index (χ1) is 9.13. The average Bonchev–Trinajstić information content (AvgIpc) is 2.83. The van der Waals surface area contributed by atoms with Gasteiger partial charge in [-0.3, -0.25) is 14.4 Å². The summed E-state index contributed by atoms with van der Waals surface area (Å²) < 4.78 is 1.74. The van der Waals surface area contributed by atoms with Crippen molar-refractivity contribution in [1.29, 1.82) is 0 Å². The molecular weight excluding hydrogens is 246 g/mol. The van der Waals surface area contributed by atoms with E-state index >= 15 is 0 Å². The van der Waals surface area contributed by atoms with E-state index < -0.39 is 0 Å². The van der Waals surface area contributed by atoms with E-state index in [0.29, 0.717) is 38.2 Å². The van der Waals surface area contributed by atoms with Crippen molar-refractivity contribution in [2.24, 2.45) is 0 Å². The summed E-state index contributed by atoms with van der Waals surface area (Å²) in [5.74, 6) is -0.131. The maximum atomic E-state index is 11.5. The number of nitrogens with zero attached hydrogens (tertiary/aromatic N) is 1. The number of carbonyl (C=O) groups is 3. The predicted molar refractivity (Wildman–Crippen MR) is 70.7 cm³/mol. The third-order valence-electron chi connectivity index (χ3n) is 2.61. The molecule has 0 saturated carbocycles. The van der Waals surface area contributed by atoms with Crippen LogP contribution >= 0.6 is 0 Å². The molecule has 19 heavy (non-hydrogen) atoms. The summed E-state index contributed by atoms with van der Waals surface area (Å²) in [5.41, 5.74) is 0.568. The molecule has 0 spiro atoms. The maximum Gasteiger partial charge on any atom is 0.221 e. The number of rotatable bonds is 8. The lowest BCUT2D eigenvalue weighted by atomic mass is 10.3. The molecule has 0 saturated heterocycles. The number of hydrogen-bond donors (Lipinski definition) is 2. The summed E-state index contributed by atoms with van der Waals surface area (Å²) >= 11 is 0. The van der Waals surface area contributed by atoms with Crippen molar-refractivity contribution in [3.63, 3.8) is 0 Å². The Bertz CT molecular complexity index is 440. The number of aldehydes is 1. The molecule has 2 N–H and O–H groups in total. The van der Waals surface area contributed by atoms with Crippen molar-refractivity contribution < 1.29 is 14.4 Å². The Hall–Kier alpha value is -2.11. The highest BCUT2D eigenvalue weighted by Crippen LogP contribution is 2.00. The standard InChI is InChI=1S/C13H19N3O3/c1-11(18)14-6-3-7-15-13(19)5-9-16-8-2-4-12(16)10-17/h2,4,8,10H,3,5-7,9H2,1H3,(H,14,18)(H,15,19). The third kappa shape index (κ3) is 5.85. The molecular formula is C13H19N3O3. The van der Waals surface area contributed by atoms with Gasteiger partial charge >= 0.3 is 0 Å². The van der Waals surface area contributed by atoms with E-state index in [0.717, 1.165) is 6.29 Å². The molecule has 1 rings (SSSR count). The topological polar surface area (TPSA) is 80.2 Å². The fraction of sp³-hybridized carbons (Fsp3) is 0.462. The molecule has 104 valence electrons. The van der Waals surface area contributed by atoms with Crippen molar-refractivity contribution in [3.8, 4) is 0 Å². The highest BCUT2D eigenvalue weighted by Gasteiger charge is 2.03. The summed E-state index contributed by atoms with van der Waals surface area (Å²) in [7, 11) is 0. The van der Waals surface area contributed by atoms with Gasteiger partial charge in [0, 0.05) is 39.2 Å². The second-order valence-corrected chi connectivity index (χ2v) is 4.18. The molecule has 0 aliphatic heterocycles. The number of nitrogens with one attached hydrogen (secondary N) is 2. The van der Waals surface area contributed by atoms with Crippen LogP contribution in [0.1, 0.15) is 30.3 Å². The molecule has 0 atom stereocenters. The van der Waals surface area contributed by atoms with Crippen LogP contribution in [-0.2, 0) is 16.1 Å². The first-order valence-corrected chi connectivity index (χ1v) is 6.25. The van der Waals surface area contributed by atoms with Crippen LogP contribution in [0.2, 0.25) is 0 Å². The molecule has 6 heteroatoms. The number of aromatic nitrogens is 1. The van der Waals surface area contributed by atoms with Gasteiger partial charge in [0.1, 0.15) is 0 Å². The van der Waals surface area contributed by atoms with Crippen molar-refractivity contribution >= 4 is 18.1 Å². The Kier molecular flexibility index (Phi) is 6.35. The Balaban J connectivity index is 2.14. The SMILES string of the molecule is CC(=O)NCCCNC(=O)CCn1cccc1C=O. The van der Waals surface area contributed by atoms with Gasteiger partial charge in [0.15, 0.2) is 6.29 Å². The molecule has 1 heterocycles. The minimum absolute atomic E-state index is 0.0617. The number of aryl methyl sites for hydroxylation is 1. The van der Waals surface area contributed by atoms with Crippen molar-refractivity contribution in [1.82, 2.24) is 15.2 Å². The van der Waals surface area contributed by atoms with Crippen LogP contribution in [0.15, 0.2) is 18.3 Å². The zero-order valence-electron chi connectivity index (χ0n) is 11.0. The lowest BCUT2D eigenvalue weighted by Gasteiger charge is -2.07. The van der Waals surface area contributed by atoms with Gasteiger partial charge in [0.25, 0.3) is 0 Å². The zero-order valence-corrected chi connectivity index (χ0v) is 11.0. The Morgan fingerprint density at radius 3 is 2.74 bits per heavy atom. The van der Waals surface area contributed by atoms with Crippen molar-refractivity contribution in [2.75, 3.05) is 13.1 Å². The highest BCUT2D eigenvalue weighted by molar-refractivity contribution is 5.76. The summed E-state index contributed by atoms with van der Waals surface area (Å²) in [6.45, 7) is 3.03. The molecule has 6 nitrogen and oxygen atoms in total. The average molecular weight is 265 g/mol. The minimum atomic E-state index is -0.0691. The molecule has 0 aliphatic carbocycles. The Labute approximate surface area is 112 Å². The largest absolute Gasteiger partial charge is 0.356 e. The molecule has 0 aromatic carbocycles. The molecule has 0 radical (unpaired) electrons. The Morgan fingerprint density at radius 2 is 2.05 bits per heavy atom. The number of amides is 2. The van der Waals surface area contributed by atoms with Crippen LogP contribution in [0.5, 0.6) is 0 Å². The van der Waals surface area contributed by atoms with E-state index in [4.69, 9.17) is 0 Å². The van der Waals surface area contributed by atoms with Crippen molar-refractivity contribution in [2.45, 2.75) is 26.3 Å². The highest BCUT2D eigenvalue weighted by atomic mass is 16.2. The molecule has 1 aromatic heterocycles. The first kappa shape index (κ1) is 14.9. The van der Waals surface area contributed by atoms with E-state index in [1.807, 2.05) is 0 Å². The summed E-state index contributed by atoms with van der Waals surface area (Å²) in [4.78, 5) is 32.8. The van der Waals surface area contributed by atoms with E-state index in [9.17, 15) is 14.4 Å². The zero-order chi connectivity index (χ0) is 14.1. The summed E-state index contributed by atoms with van der Waals surface area (Å²) in [5, 5.41) is 5.42. The summed E-state index contributed by atoms with van der Waals surface area (Å²) in [6.07, 6.45) is 3.57. The van der Waals surface area contributed by atoms with E-state index in [1.54, 1.807) is 22.9 Å². The van der Waals surface area contributed by atoms with Gasteiger partial charge in [-0.05, 0) is 18.6 Å². The smallest absolute Gasteiger partial charge is 0.221 e. The third-order valence-corrected chi connectivity index (χ3v) is 2.61. The molecule has 1 aromatic rings. The number of hydrogen-bond acceptors (Lipinski definition) is 3. The second-order valence-electron chi connectivity index (χ2n) is 4.18. The van der Waals surface area contributed by atoms with Crippen LogP contribution in [0.4, 0.5) is 0 Å². The first-order valence-electron chi connectivity index (χ1n) is 6.25. The van der Waals surface area contributed by atoms with Crippen LogP contribution in [0.25, 0.3) is 0 Å². The van der Waals surface area contributed by atoms with Gasteiger partial charge in [-0.2, -0.15) is 0 Å². The van der Waals surface area contributed by atoms with Gasteiger partial charge in [-0.25, -0.2) is 0 Å². The van der Waals surface area contributed by atoms with E-state index in [2.05, 4.69) is 10.6 Å². The second kappa shape index (κ2) is 8.07. The molecule has 2 amide bonds. The van der Waals surface area contributed by atoms with Crippen LogP contribution in [-0.4, -0.2) is 35.8 Å².